The summed E-state index contributed by atoms with van der Waals surface area (Å²) in [6.07, 6.45) is 0.116. The quantitative estimate of drug-likeness (QED) is 0.261. The Morgan fingerprint density at radius 3 is 2.00 bits per heavy atom. The van der Waals surface area contributed by atoms with E-state index in [0.29, 0.717) is 0 Å². The van der Waals surface area contributed by atoms with Gasteiger partial charge < -0.3 is 14.9 Å². The molecular formula is C3HBF3K2NO3. The van der Waals surface area contributed by atoms with Crippen LogP contribution < -0.4 is 113 Å². The summed E-state index contributed by atoms with van der Waals surface area (Å²) in [5, 5.41) is 18.5. The molecule has 4 nitrogen and oxygen atoms in total. The fourth-order valence-corrected chi connectivity index (χ4v) is 0.539. The number of nitrogens with zero attached hydrogens (tertiary/aromatic N) is 1. The topological polar surface area (TPSA) is 58.6 Å². The summed E-state index contributed by atoms with van der Waals surface area (Å²) < 4.78 is 36.3. The van der Waals surface area contributed by atoms with Gasteiger partial charge in [-0.1, -0.05) is 11.6 Å². The molecular weight excluding hydrogens is 244 g/mol. The van der Waals surface area contributed by atoms with Gasteiger partial charge in [0.05, 0.1) is 5.29 Å². The molecule has 62 valence electrons. The number of hydrogen-bond donors (Lipinski definition) is 0. The van der Waals surface area contributed by atoms with Gasteiger partial charge in [-0.05, 0) is 5.47 Å². The van der Waals surface area contributed by atoms with Crippen molar-refractivity contribution in [3.8, 4) is 0 Å². The number of halogens is 3. The molecule has 1 rings (SSSR count). The van der Waals surface area contributed by atoms with Gasteiger partial charge in [-0.25, -0.2) is 0 Å². The van der Waals surface area contributed by atoms with Crippen LogP contribution in [-0.2, 0) is 4.84 Å². The first-order valence-electron chi connectivity index (χ1n) is 2.49. The van der Waals surface area contributed by atoms with Crippen LogP contribution in [0.3, 0.4) is 0 Å². The third-order valence-corrected chi connectivity index (χ3v) is 1.09. The van der Waals surface area contributed by atoms with Gasteiger partial charge in [0.2, 0.25) is 0 Å². The van der Waals surface area contributed by atoms with Crippen molar-refractivity contribution in [3.63, 3.8) is 0 Å². The number of hydroxylamine groups is 1. The smallest absolute Gasteiger partial charge is 0.889 e. The van der Waals surface area contributed by atoms with Crippen molar-refractivity contribution in [1.29, 1.82) is 0 Å². The molecule has 0 N–H and O–H groups in total. The molecule has 0 aromatic heterocycles. The van der Waals surface area contributed by atoms with E-state index >= 15 is 0 Å². The largest absolute Gasteiger partial charge is 1.00 e. The van der Waals surface area contributed by atoms with Gasteiger partial charge in [-0.15, -0.1) is 0 Å². The molecule has 0 amide bonds. The van der Waals surface area contributed by atoms with Crippen LogP contribution >= 0.6 is 0 Å². The van der Waals surface area contributed by atoms with Crippen LogP contribution in [0.15, 0.2) is 11.7 Å². The van der Waals surface area contributed by atoms with E-state index in [4.69, 9.17) is 0 Å². The van der Waals surface area contributed by atoms with Crippen LogP contribution in [0.1, 0.15) is 0 Å². The normalized spacial score (nSPS) is 19.3. The van der Waals surface area contributed by atoms with Crippen molar-refractivity contribution in [1.82, 2.24) is 5.29 Å². The second-order valence-corrected chi connectivity index (χ2v) is 1.80. The van der Waals surface area contributed by atoms with Crippen LogP contribution in [-0.4, -0.2) is 18.5 Å². The first-order valence-corrected chi connectivity index (χ1v) is 2.49. The van der Waals surface area contributed by atoms with E-state index in [1.54, 1.807) is 0 Å². The molecule has 1 aliphatic rings. The second kappa shape index (κ2) is 6.99. The number of hydrogen-bond acceptors (Lipinski definition) is 4. The van der Waals surface area contributed by atoms with E-state index in [1.165, 1.54) is 0 Å². The Labute approximate surface area is 157 Å². The van der Waals surface area contributed by atoms with Gasteiger partial charge in [0.25, 0.3) is 0 Å². The minimum atomic E-state index is -4.23. The van der Waals surface area contributed by atoms with Crippen molar-refractivity contribution >= 4 is 7.12 Å². The maximum absolute atomic E-state index is 12.2. The van der Waals surface area contributed by atoms with Crippen LogP contribution in [0.4, 0.5) is 13.3 Å². The van der Waals surface area contributed by atoms with E-state index in [-0.39, 0.29) is 109 Å². The molecule has 0 aromatic carbocycles. The van der Waals surface area contributed by atoms with Crippen LogP contribution in [0.5, 0.6) is 0 Å². The van der Waals surface area contributed by atoms with E-state index in [2.05, 4.69) is 4.84 Å². The molecule has 1 heterocycles. The number of alkyl halides is 2. The minimum Gasteiger partial charge on any atom is -0.889 e. The van der Waals surface area contributed by atoms with Crippen LogP contribution in [0.2, 0.25) is 0 Å². The average molecular weight is 245 g/mol. The Balaban J connectivity index is 0. The first kappa shape index (κ1) is 17.9. The molecule has 0 unspecified atom stereocenters. The third-order valence-electron chi connectivity index (χ3n) is 1.09. The molecule has 1 aliphatic heterocycles. The summed E-state index contributed by atoms with van der Waals surface area (Å²) >= 11 is 0. The minimum absolute atomic E-state index is 0. The zero-order chi connectivity index (χ0) is 8.65. The monoisotopic (exact) mass is 245 g/mol. The molecule has 10 heteroatoms. The molecule has 13 heavy (non-hydrogen) atoms. The van der Waals surface area contributed by atoms with Crippen molar-refractivity contribution in [2.45, 2.75) is 6.05 Å². The van der Waals surface area contributed by atoms with Crippen molar-refractivity contribution in [2.24, 2.45) is 0 Å². The Morgan fingerprint density at radius 1 is 1.38 bits per heavy atom. The standard InChI is InChI=1S/C3HBF3NO3.2K/c5-3(6)2(4(9)10)1-11-8(3)7;;/h1H;;/q-2;2*+1. The molecule has 0 radical (unpaired) electrons. The predicted molar refractivity (Wildman–Crippen MR) is 22.8 cm³/mol. The molecule has 0 saturated heterocycles. The summed E-state index contributed by atoms with van der Waals surface area (Å²) in [4.78, 5) is 3.50. The first-order chi connectivity index (χ1) is 4.96. The van der Waals surface area contributed by atoms with Gasteiger partial charge in [-0.2, -0.15) is 8.78 Å². The van der Waals surface area contributed by atoms with Gasteiger partial charge in [0.15, 0.2) is 0 Å². The molecule has 0 atom stereocenters. The summed E-state index contributed by atoms with van der Waals surface area (Å²) in [5.41, 5.74) is -1.46. The maximum atomic E-state index is 12.2. The van der Waals surface area contributed by atoms with E-state index in [1.807, 2.05) is 0 Å². The predicted octanol–water partition coefficient (Wildman–Crippen LogP) is -7.65. The van der Waals surface area contributed by atoms with Crippen molar-refractivity contribution in [2.75, 3.05) is 0 Å². The van der Waals surface area contributed by atoms with Crippen LogP contribution in [0, 0.1) is 0 Å². The summed E-state index contributed by atoms with van der Waals surface area (Å²) in [7, 11) is -2.93. The Kier molecular flexibility index (Phi) is 9.64. The molecule has 0 bridgehead atoms. The zero-order valence-electron chi connectivity index (χ0n) is 6.96. The number of rotatable bonds is 1. The fraction of sp³-hybridized carbons (Fsp3) is 0.333. The molecule has 0 aromatic rings. The van der Waals surface area contributed by atoms with Crippen molar-refractivity contribution < 1.29 is 131 Å². The van der Waals surface area contributed by atoms with E-state index < -0.39 is 23.9 Å². The van der Waals surface area contributed by atoms with Gasteiger partial charge in [0, 0.05) is 0 Å². The van der Waals surface area contributed by atoms with Crippen molar-refractivity contribution in [3.05, 3.63) is 11.7 Å². The molecule has 0 saturated carbocycles. The Hall–Kier alpha value is 2.55. The maximum Gasteiger partial charge on any atom is 1.00 e. The average Bonchev–Trinajstić information content (AvgIpc) is 2.08. The third kappa shape index (κ3) is 4.13. The second-order valence-electron chi connectivity index (χ2n) is 1.80. The van der Waals surface area contributed by atoms with Gasteiger partial charge >= 0.3 is 109 Å². The van der Waals surface area contributed by atoms with Crippen LogP contribution in [0.25, 0.3) is 0 Å². The summed E-state index contributed by atoms with van der Waals surface area (Å²) in [5.74, 6) is 0. The molecule has 0 aliphatic carbocycles. The molecule has 0 spiro atoms. The zero-order valence-corrected chi connectivity index (χ0v) is 13.2. The van der Waals surface area contributed by atoms with Gasteiger partial charge in [-0.3, -0.25) is 0 Å². The Morgan fingerprint density at radius 2 is 1.85 bits per heavy atom. The Bertz CT molecular complexity index is 204. The fourth-order valence-electron chi connectivity index (χ4n) is 0.539. The summed E-state index contributed by atoms with van der Waals surface area (Å²) in [6, 6.07) is -4.23. The summed E-state index contributed by atoms with van der Waals surface area (Å²) in [6.45, 7) is 0. The SMILES string of the molecule is [K+].[K+].[O-]B([O-])C1=CON(F)C1(F)F. The van der Waals surface area contributed by atoms with E-state index in [0.717, 1.165) is 0 Å². The van der Waals surface area contributed by atoms with E-state index in [9.17, 15) is 23.3 Å². The van der Waals surface area contributed by atoms with Gasteiger partial charge in [0.1, 0.15) is 6.26 Å². The molecule has 0 fully saturated rings.